The molecule has 0 aliphatic carbocycles. The Balaban J connectivity index is 2.28. The number of carbonyl (C=O) groups is 2. The molecule has 0 spiro atoms. The Bertz CT molecular complexity index is 497. The lowest BCUT2D eigenvalue weighted by molar-refractivity contribution is -0.136. The normalized spacial score (nSPS) is 13.6. The Labute approximate surface area is 141 Å². The highest BCUT2D eigenvalue weighted by Crippen LogP contribution is 2.16. The van der Waals surface area contributed by atoms with Crippen molar-refractivity contribution in [3.63, 3.8) is 0 Å². The van der Waals surface area contributed by atoms with E-state index < -0.39 is 17.3 Å². The number of aliphatic carboxylic acids is 1. The summed E-state index contributed by atoms with van der Waals surface area (Å²) in [6, 6.07) is 8.93. The zero-order chi connectivity index (χ0) is 17.2. The molecular weight excluding hydrogens is 314 g/mol. The molecule has 1 amide bonds. The van der Waals surface area contributed by atoms with E-state index in [2.05, 4.69) is 10.0 Å². The number of amides is 1. The van der Waals surface area contributed by atoms with Gasteiger partial charge in [-0.3, -0.25) is 9.59 Å². The summed E-state index contributed by atoms with van der Waals surface area (Å²) in [5.41, 5.74) is 6.86. The van der Waals surface area contributed by atoms with Gasteiger partial charge in [0.2, 0.25) is 5.91 Å². The number of carboxylic acid groups (broad SMARTS) is 1. The molecule has 0 fully saturated rings. The van der Waals surface area contributed by atoms with E-state index >= 15 is 0 Å². The largest absolute Gasteiger partial charge is 0.480 e. The maximum Gasteiger partial charge on any atom is 0.317 e. The predicted molar refractivity (Wildman–Crippen MR) is 92.7 cm³/mol. The minimum Gasteiger partial charge on any atom is -0.480 e. The molecule has 0 saturated heterocycles. The van der Waals surface area contributed by atoms with Crippen molar-refractivity contribution >= 4 is 23.8 Å². The number of hydrogen-bond donors (Lipinski definition) is 4. The van der Waals surface area contributed by atoms with Gasteiger partial charge in [0.25, 0.3) is 0 Å². The summed E-state index contributed by atoms with van der Waals surface area (Å²) in [6.07, 6.45) is 1.03. The predicted octanol–water partition coefficient (Wildman–Crippen LogP) is 1.37. The van der Waals surface area contributed by atoms with Gasteiger partial charge in [-0.2, -0.15) is 0 Å². The van der Waals surface area contributed by atoms with Gasteiger partial charge in [0.15, 0.2) is 0 Å². The number of nitrogens with two attached hydrogens (primary N) is 1. The SMILES string of the molecule is CC(C)CC(SNCNC(=O)[C@@H](N)Cc1ccccc1)C(=O)O. The van der Waals surface area contributed by atoms with E-state index in [4.69, 9.17) is 10.8 Å². The molecule has 0 bridgehead atoms. The van der Waals surface area contributed by atoms with Gasteiger partial charge in [-0.15, -0.1) is 0 Å². The van der Waals surface area contributed by atoms with Crippen LogP contribution in [-0.2, 0) is 16.0 Å². The van der Waals surface area contributed by atoms with Crippen LogP contribution in [0.4, 0.5) is 0 Å². The summed E-state index contributed by atoms with van der Waals surface area (Å²) >= 11 is 1.11. The first kappa shape index (κ1) is 19.5. The molecule has 0 aliphatic heterocycles. The highest BCUT2D eigenvalue weighted by Gasteiger charge is 2.19. The number of carbonyl (C=O) groups excluding carboxylic acids is 1. The third-order valence-corrected chi connectivity index (χ3v) is 4.15. The topological polar surface area (TPSA) is 104 Å². The summed E-state index contributed by atoms with van der Waals surface area (Å²) in [6.45, 7) is 4.12. The molecular formula is C16H25N3O3S. The zero-order valence-corrected chi connectivity index (χ0v) is 14.3. The number of benzene rings is 1. The molecule has 0 saturated carbocycles. The Kier molecular flexibility index (Phi) is 8.68. The number of rotatable bonds is 10. The average molecular weight is 339 g/mol. The van der Waals surface area contributed by atoms with Gasteiger partial charge in [0.05, 0.1) is 12.7 Å². The highest BCUT2D eigenvalue weighted by molar-refractivity contribution is 7.98. The van der Waals surface area contributed by atoms with Crippen molar-refractivity contribution in [3.05, 3.63) is 35.9 Å². The van der Waals surface area contributed by atoms with Crippen molar-refractivity contribution in [3.8, 4) is 0 Å². The second-order valence-electron chi connectivity index (χ2n) is 5.73. The summed E-state index contributed by atoms with van der Waals surface area (Å²) < 4.78 is 2.87. The molecule has 6 nitrogen and oxygen atoms in total. The summed E-state index contributed by atoms with van der Waals surface area (Å²) in [7, 11) is 0. The van der Waals surface area contributed by atoms with E-state index in [0.29, 0.717) is 18.8 Å². The fraction of sp³-hybridized carbons (Fsp3) is 0.500. The Morgan fingerprint density at radius 3 is 2.48 bits per heavy atom. The average Bonchev–Trinajstić information content (AvgIpc) is 2.50. The molecule has 23 heavy (non-hydrogen) atoms. The minimum atomic E-state index is -0.858. The third kappa shape index (κ3) is 8.01. The molecule has 1 rings (SSSR count). The lowest BCUT2D eigenvalue weighted by atomic mass is 10.1. The van der Waals surface area contributed by atoms with Crippen LogP contribution < -0.4 is 15.8 Å². The van der Waals surface area contributed by atoms with Gasteiger partial charge in [0.1, 0.15) is 5.25 Å². The van der Waals surface area contributed by atoms with Crippen molar-refractivity contribution in [1.29, 1.82) is 0 Å². The van der Waals surface area contributed by atoms with Crippen LogP contribution in [0.3, 0.4) is 0 Å². The van der Waals surface area contributed by atoms with Crippen molar-refractivity contribution in [2.75, 3.05) is 6.67 Å². The van der Waals surface area contributed by atoms with Gasteiger partial charge in [-0.25, -0.2) is 4.72 Å². The maximum atomic E-state index is 11.9. The quantitative estimate of drug-likeness (QED) is 0.291. The Morgan fingerprint density at radius 1 is 1.26 bits per heavy atom. The van der Waals surface area contributed by atoms with Crippen LogP contribution in [0, 0.1) is 5.92 Å². The smallest absolute Gasteiger partial charge is 0.317 e. The fourth-order valence-corrected chi connectivity index (χ4v) is 2.92. The summed E-state index contributed by atoms with van der Waals surface area (Å²) in [5, 5.41) is 11.2. The van der Waals surface area contributed by atoms with Crippen LogP contribution in [0.15, 0.2) is 30.3 Å². The van der Waals surface area contributed by atoms with Crippen LogP contribution >= 0.6 is 11.9 Å². The number of carboxylic acids is 1. The van der Waals surface area contributed by atoms with Crippen molar-refractivity contribution in [2.24, 2.45) is 11.7 Å². The highest BCUT2D eigenvalue weighted by atomic mass is 32.2. The number of hydrogen-bond acceptors (Lipinski definition) is 5. The molecule has 0 heterocycles. The lowest BCUT2D eigenvalue weighted by Crippen LogP contribution is -2.44. The van der Waals surface area contributed by atoms with Crippen molar-refractivity contribution in [1.82, 2.24) is 10.0 Å². The second-order valence-corrected chi connectivity index (χ2v) is 6.83. The molecule has 5 N–H and O–H groups in total. The first-order chi connectivity index (χ1) is 10.9. The van der Waals surface area contributed by atoms with E-state index in [1.807, 2.05) is 44.2 Å². The molecule has 0 radical (unpaired) electrons. The van der Waals surface area contributed by atoms with Gasteiger partial charge < -0.3 is 16.2 Å². The van der Waals surface area contributed by atoms with Crippen LogP contribution in [0.25, 0.3) is 0 Å². The van der Waals surface area contributed by atoms with E-state index in [1.54, 1.807) is 0 Å². The van der Waals surface area contributed by atoms with Crippen LogP contribution in [0.1, 0.15) is 25.8 Å². The van der Waals surface area contributed by atoms with E-state index in [-0.39, 0.29) is 12.6 Å². The number of nitrogens with one attached hydrogen (secondary N) is 2. The maximum absolute atomic E-state index is 11.9. The van der Waals surface area contributed by atoms with Crippen molar-refractivity contribution in [2.45, 2.75) is 38.0 Å². The van der Waals surface area contributed by atoms with E-state index in [0.717, 1.165) is 17.5 Å². The lowest BCUT2D eigenvalue weighted by Gasteiger charge is -2.16. The molecule has 1 unspecified atom stereocenters. The summed E-state index contributed by atoms with van der Waals surface area (Å²) in [4.78, 5) is 23.0. The molecule has 0 aromatic heterocycles. The molecule has 0 aliphatic rings. The standard InChI is InChI=1S/C16H25N3O3S/c1-11(2)8-14(16(21)22)23-19-10-18-15(20)13(17)9-12-6-4-3-5-7-12/h3-7,11,13-14,19H,8-10,17H2,1-2H3,(H,18,20)(H,21,22)/t13-,14?/m0/s1. The van der Waals surface area contributed by atoms with Gasteiger partial charge in [-0.1, -0.05) is 56.1 Å². The third-order valence-electron chi connectivity index (χ3n) is 3.16. The zero-order valence-electron chi connectivity index (χ0n) is 13.5. The molecule has 2 atom stereocenters. The van der Waals surface area contributed by atoms with Crippen molar-refractivity contribution < 1.29 is 14.7 Å². The molecule has 7 heteroatoms. The summed E-state index contributed by atoms with van der Waals surface area (Å²) in [5.74, 6) is -0.833. The fourth-order valence-electron chi connectivity index (χ4n) is 1.98. The van der Waals surface area contributed by atoms with Gasteiger partial charge >= 0.3 is 5.97 Å². The minimum absolute atomic E-state index is 0.174. The first-order valence-corrected chi connectivity index (χ1v) is 8.46. The monoisotopic (exact) mass is 339 g/mol. The van der Waals surface area contributed by atoms with Crippen LogP contribution in [-0.4, -0.2) is 34.9 Å². The Hall–Kier alpha value is -1.57. The van der Waals surface area contributed by atoms with E-state index in [1.165, 1.54) is 0 Å². The Morgan fingerprint density at radius 2 is 1.91 bits per heavy atom. The van der Waals surface area contributed by atoms with Gasteiger partial charge in [0, 0.05) is 0 Å². The second kappa shape index (κ2) is 10.3. The molecule has 1 aromatic rings. The van der Waals surface area contributed by atoms with E-state index in [9.17, 15) is 9.59 Å². The van der Waals surface area contributed by atoms with Crippen LogP contribution in [0.2, 0.25) is 0 Å². The molecule has 1 aromatic carbocycles. The van der Waals surface area contributed by atoms with Gasteiger partial charge in [-0.05, 0) is 24.3 Å². The first-order valence-electron chi connectivity index (χ1n) is 7.58. The van der Waals surface area contributed by atoms with Crippen LogP contribution in [0.5, 0.6) is 0 Å². The molecule has 128 valence electrons.